The Hall–Kier alpha value is -1.49. The molecule has 3 aromatic rings. The molecule has 0 N–H and O–H groups in total. The molecule has 118 valence electrons. The molecule has 4 rings (SSSR count). The molecule has 23 heavy (non-hydrogen) atoms. The van der Waals surface area contributed by atoms with E-state index in [9.17, 15) is 0 Å². The lowest BCUT2D eigenvalue weighted by Gasteiger charge is -2.25. The third-order valence-corrected chi connectivity index (χ3v) is 5.48. The predicted octanol–water partition coefficient (Wildman–Crippen LogP) is 5.00. The topological polar surface area (TPSA) is 29.0 Å². The molecule has 0 atom stereocenters. The van der Waals surface area contributed by atoms with Gasteiger partial charge in [-0.25, -0.2) is 9.97 Å². The number of likely N-dealkylation sites (tertiary alicyclic amines) is 1. The third kappa shape index (κ3) is 3.11. The molecule has 5 heteroatoms. The van der Waals surface area contributed by atoms with E-state index >= 15 is 0 Å². The van der Waals surface area contributed by atoms with Gasteiger partial charge in [0.15, 0.2) is 0 Å². The molecule has 3 heterocycles. The molecule has 2 aromatic heterocycles. The molecule has 3 nitrogen and oxygen atoms in total. The van der Waals surface area contributed by atoms with Crippen molar-refractivity contribution < 1.29 is 0 Å². The largest absolute Gasteiger partial charge is 0.296 e. The predicted molar refractivity (Wildman–Crippen MR) is 97.0 cm³/mol. The first-order valence-electron chi connectivity index (χ1n) is 8.02. The molecule has 1 aliphatic heterocycles. The van der Waals surface area contributed by atoms with Crippen molar-refractivity contribution in [3.63, 3.8) is 0 Å². The Morgan fingerprint density at radius 2 is 1.83 bits per heavy atom. The highest BCUT2D eigenvalue weighted by Crippen LogP contribution is 2.36. The standard InChI is InChI=1S/C18H18ClN3S/c19-17-16-14(13-7-3-1-4-8-13)12-23-18(16)21-15(20-17)11-22-9-5-2-6-10-22/h1,3-4,7-8,12H,2,5-6,9-11H2. The Kier molecular flexibility index (Phi) is 4.29. The maximum atomic E-state index is 6.51. The second-order valence-corrected chi connectivity index (χ2v) is 7.18. The number of benzene rings is 1. The Bertz CT molecular complexity index is 810. The van der Waals surface area contributed by atoms with Crippen LogP contribution < -0.4 is 0 Å². The summed E-state index contributed by atoms with van der Waals surface area (Å²) in [6.07, 6.45) is 3.88. The van der Waals surface area contributed by atoms with Crippen molar-refractivity contribution in [3.8, 4) is 11.1 Å². The highest BCUT2D eigenvalue weighted by Gasteiger charge is 2.16. The molecule has 1 fully saturated rings. The molecular weight excluding hydrogens is 326 g/mol. The summed E-state index contributed by atoms with van der Waals surface area (Å²) in [5.41, 5.74) is 2.29. The minimum Gasteiger partial charge on any atom is -0.296 e. The molecule has 0 bridgehead atoms. The van der Waals surface area contributed by atoms with E-state index < -0.39 is 0 Å². The van der Waals surface area contributed by atoms with Crippen LogP contribution in [0.4, 0.5) is 0 Å². The summed E-state index contributed by atoms with van der Waals surface area (Å²) in [5.74, 6) is 0.839. The number of hydrogen-bond acceptors (Lipinski definition) is 4. The zero-order valence-electron chi connectivity index (χ0n) is 12.8. The number of rotatable bonds is 3. The number of piperidine rings is 1. The fourth-order valence-electron chi connectivity index (χ4n) is 3.16. The molecule has 1 aromatic carbocycles. The van der Waals surface area contributed by atoms with Gasteiger partial charge in [-0.2, -0.15) is 0 Å². The van der Waals surface area contributed by atoms with Crippen LogP contribution in [0.25, 0.3) is 21.3 Å². The van der Waals surface area contributed by atoms with E-state index in [4.69, 9.17) is 16.6 Å². The Labute approximate surface area is 144 Å². The van der Waals surface area contributed by atoms with Crippen LogP contribution in [0.5, 0.6) is 0 Å². The van der Waals surface area contributed by atoms with Crippen molar-refractivity contribution in [2.75, 3.05) is 13.1 Å². The van der Waals surface area contributed by atoms with Crippen molar-refractivity contribution >= 4 is 33.2 Å². The van der Waals surface area contributed by atoms with Gasteiger partial charge in [0.05, 0.1) is 11.9 Å². The third-order valence-electron chi connectivity index (χ3n) is 4.33. The molecule has 0 radical (unpaired) electrons. The number of hydrogen-bond donors (Lipinski definition) is 0. The summed E-state index contributed by atoms with van der Waals surface area (Å²) in [7, 11) is 0. The van der Waals surface area contributed by atoms with E-state index in [1.807, 2.05) is 18.2 Å². The molecule has 0 saturated carbocycles. The van der Waals surface area contributed by atoms with Crippen LogP contribution >= 0.6 is 22.9 Å². The molecule has 0 unspecified atom stereocenters. The maximum absolute atomic E-state index is 6.51. The molecule has 1 saturated heterocycles. The van der Waals surface area contributed by atoms with Gasteiger partial charge in [-0.3, -0.25) is 4.90 Å². The van der Waals surface area contributed by atoms with Gasteiger partial charge >= 0.3 is 0 Å². The SMILES string of the molecule is Clc1nc(CN2CCCCC2)nc2scc(-c3ccccc3)c12. The summed E-state index contributed by atoms with van der Waals surface area (Å²) in [6.45, 7) is 3.08. The van der Waals surface area contributed by atoms with Gasteiger partial charge in [0.1, 0.15) is 15.8 Å². The summed E-state index contributed by atoms with van der Waals surface area (Å²) in [6, 6.07) is 10.3. The smallest absolute Gasteiger partial charge is 0.145 e. The average molecular weight is 344 g/mol. The lowest BCUT2D eigenvalue weighted by Crippen LogP contribution is -2.29. The van der Waals surface area contributed by atoms with Crippen molar-refractivity contribution in [1.82, 2.24) is 14.9 Å². The first-order chi connectivity index (χ1) is 11.3. The average Bonchev–Trinajstić information content (AvgIpc) is 3.01. The first kappa shape index (κ1) is 15.1. The molecule has 0 spiro atoms. The summed E-state index contributed by atoms with van der Waals surface area (Å²) in [4.78, 5) is 12.7. The van der Waals surface area contributed by atoms with Crippen molar-refractivity contribution in [3.05, 3.63) is 46.7 Å². The zero-order chi connectivity index (χ0) is 15.6. The van der Waals surface area contributed by atoms with Crippen LogP contribution in [-0.4, -0.2) is 28.0 Å². The second-order valence-electron chi connectivity index (χ2n) is 5.96. The van der Waals surface area contributed by atoms with Crippen molar-refractivity contribution in [1.29, 1.82) is 0 Å². The number of thiophene rings is 1. The van der Waals surface area contributed by atoms with Crippen molar-refractivity contribution in [2.45, 2.75) is 25.8 Å². The van der Waals surface area contributed by atoms with Crippen LogP contribution in [0.3, 0.4) is 0 Å². The van der Waals surface area contributed by atoms with Crippen LogP contribution in [0.1, 0.15) is 25.1 Å². The quantitative estimate of drug-likeness (QED) is 0.627. The van der Waals surface area contributed by atoms with Gasteiger partial charge in [-0.1, -0.05) is 48.4 Å². The summed E-state index contributed by atoms with van der Waals surface area (Å²) in [5, 5.41) is 3.68. The fraction of sp³-hybridized carbons (Fsp3) is 0.333. The minimum absolute atomic E-state index is 0.571. The normalized spacial score (nSPS) is 16.0. The Balaban J connectivity index is 1.69. The monoisotopic (exact) mass is 343 g/mol. The highest BCUT2D eigenvalue weighted by molar-refractivity contribution is 7.17. The van der Waals surface area contributed by atoms with Gasteiger partial charge in [0.2, 0.25) is 0 Å². The van der Waals surface area contributed by atoms with E-state index in [1.165, 1.54) is 19.3 Å². The molecule has 1 aliphatic rings. The summed E-state index contributed by atoms with van der Waals surface area (Å²) < 4.78 is 0. The molecular formula is C18H18ClN3S. The van der Waals surface area contributed by atoms with Crippen LogP contribution in [0.15, 0.2) is 35.7 Å². The summed E-state index contributed by atoms with van der Waals surface area (Å²) >= 11 is 8.16. The van der Waals surface area contributed by atoms with Gasteiger partial charge in [-0.15, -0.1) is 11.3 Å². The molecule has 0 aliphatic carbocycles. The lowest BCUT2D eigenvalue weighted by molar-refractivity contribution is 0.216. The highest BCUT2D eigenvalue weighted by atomic mass is 35.5. The van der Waals surface area contributed by atoms with E-state index in [0.29, 0.717) is 5.15 Å². The number of halogens is 1. The van der Waals surface area contributed by atoms with E-state index in [0.717, 1.165) is 46.8 Å². The Morgan fingerprint density at radius 3 is 2.61 bits per heavy atom. The number of nitrogens with zero attached hydrogens (tertiary/aromatic N) is 3. The Morgan fingerprint density at radius 1 is 1.04 bits per heavy atom. The first-order valence-corrected chi connectivity index (χ1v) is 9.28. The van der Waals surface area contributed by atoms with E-state index in [-0.39, 0.29) is 0 Å². The van der Waals surface area contributed by atoms with Gasteiger partial charge in [0, 0.05) is 10.9 Å². The van der Waals surface area contributed by atoms with Gasteiger partial charge in [0.25, 0.3) is 0 Å². The van der Waals surface area contributed by atoms with Crippen LogP contribution in [-0.2, 0) is 6.54 Å². The van der Waals surface area contributed by atoms with Crippen molar-refractivity contribution in [2.24, 2.45) is 0 Å². The number of aromatic nitrogens is 2. The lowest BCUT2D eigenvalue weighted by atomic mass is 10.1. The van der Waals surface area contributed by atoms with Crippen LogP contribution in [0.2, 0.25) is 5.15 Å². The van der Waals surface area contributed by atoms with Crippen LogP contribution in [0, 0.1) is 0 Å². The fourth-order valence-corrected chi connectivity index (χ4v) is 4.47. The second kappa shape index (κ2) is 6.56. The molecule has 0 amide bonds. The van der Waals surface area contributed by atoms with E-state index in [1.54, 1.807) is 11.3 Å². The minimum atomic E-state index is 0.571. The van der Waals surface area contributed by atoms with Gasteiger partial charge in [-0.05, 0) is 31.5 Å². The number of fused-ring (bicyclic) bond motifs is 1. The van der Waals surface area contributed by atoms with Gasteiger partial charge < -0.3 is 0 Å². The maximum Gasteiger partial charge on any atom is 0.145 e. The zero-order valence-corrected chi connectivity index (χ0v) is 14.4. The van der Waals surface area contributed by atoms with E-state index in [2.05, 4.69) is 27.4 Å².